The van der Waals surface area contributed by atoms with Crippen molar-refractivity contribution in [1.82, 2.24) is 10.3 Å². The summed E-state index contributed by atoms with van der Waals surface area (Å²) in [5.41, 5.74) is 3.33. The van der Waals surface area contributed by atoms with E-state index in [4.69, 9.17) is 0 Å². The number of fused-ring (bicyclic) bond motifs is 1. The first-order valence-corrected chi connectivity index (χ1v) is 7.78. The molecule has 124 valence electrons. The Hall–Kier alpha value is -2.69. The Morgan fingerprint density at radius 3 is 2.58 bits per heavy atom. The number of carbonyl (C=O) groups excluding carboxylic acids is 1. The van der Waals surface area contributed by atoms with E-state index in [0.717, 1.165) is 22.2 Å². The van der Waals surface area contributed by atoms with E-state index in [9.17, 15) is 13.6 Å². The number of rotatable bonds is 4. The van der Waals surface area contributed by atoms with Crippen molar-refractivity contribution in [3.63, 3.8) is 0 Å². The van der Waals surface area contributed by atoms with Crippen LogP contribution in [0.5, 0.6) is 0 Å². The minimum Gasteiger partial charge on any atom is -0.356 e. The maximum absolute atomic E-state index is 13.9. The van der Waals surface area contributed by atoms with Gasteiger partial charge in [-0.3, -0.25) is 4.79 Å². The summed E-state index contributed by atoms with van der Waals surface area (Å²) >= 11 is 0. The molecule has 0 saturated heterocycles. The maximum Gasteiger partial charge on any atom is 0.254 e. The van der Waals surface area contributed by atoms with Crippen molar-refractivity contribution in [2.45, 2.75) is 20.3 Å². The Bertz CT molecular complexity index is 915. The molecule has 5 heteroatoms. The first kappa shape index (κ1) is 16.2. The van der Waals surface area contributed by atoms with Crippen LogP contribution in [0.3, 0.4) is 0 Å². The van der Waals surface area contributed by atoms with Gasteiger partial charge in [-0.1, -0.05) is 18.2 Å². The van der Waals surface area contributed by atoms with Gasteiger partial charge in [0.25, 0.3) is 5.91 Å². The molecule has 0 saturated carbocycles. The van der Waals surface area contributed by atoms with E-state index in [-0.39, 0.29) is 11.4 Å². The third-order valence-electron chi connectivity index (χ3n) is 4.21. The van der Waals surface area contributed by atoms with E-state index in [1.807, 2.05) is 13.8 Å². The van der Waals surface area contributed by atoms with Crippen molar-refractivity contribution >= 4 is 16.8 Å². The minimum atomic E-state index is -0.545. The second-order valence-corrected chi connectivity index (χ2v) is 5.83. The first-order valence-electron chi connectivity index (χ1n) is 7.78. The third-order valence-corrected chi connectivity index (χ3v) is 4.21. The van der Waals surface area contributed by atoms with Gasteiger partial charge in [0.15, 0.2) is 0 Å². The van der Waals surface area contributed by atoms with Crippen molar-refractivity contribution in [3.05, 3.63) is 70.4 Å². The highest BCUT2D eigenvalue weighted by molar-refractivity contribution is 5.94. The van der Waals surface area contributed by atoms with Gasteiger partial charge in [-0.2, -0.15) is 0 Å². The molecule has 2 aromatic carbocycles. The summed E-state index contributed by atoms with van der Waals surface area (Å²) in [4.78, 5) is 15.1. The lowest BCUT2D eigenvalue weighted by Gasteiger charge is -2.07. The number of amides is 1. The molecule has 0 aliphatic heterocycles. The molecule has 3 rings (SSSR count). The van der Waals surface area contributed by atoms with E-state index in [0.29, 0.717) is 18.5 Å². The molecule has 0 fully saturated rings. The van der Waals surface area contributed by atoms with Crippen LogP contribution in [0.1, 0.15) is 27.2 Å². The Morgan fingerprint density at radius 1 is 1.08 bits per heavy atom. The molecule has 0 bridgehead atoms. The number of aromatic nitrogens is 1. The van der Waals surface area contributed by atoms with Gasteiger partial charge < -0.3 is 10.3 Å². The lowest BCUT2D eigenvalue weighted by Crippen LogP contribution is -2.26. The average molecular weight is 328 g/mol. The summed E-state index contributed by atoms with van der Waals surface area (Å²) in [6.07, 6.45) is 0.538. The van der Waals surface area contributed by atoms with Crippen LogP contribution in [-0.2, 0) is 6.42 Å². The molecular weight excluding hydrogens is 310 g/mol. The molecular formula is C19H18F2N2O. The predicted molar refractivity (Wildman–Crippen MR) is 90.2 cm³/mol. The number of nitrogens with one attached hydrogen (secondary N) is 2. The van der Waals surface area contributed by atoms with Gasteiger partial charge in [0, 0.05) is 17.6 Å². The Kier molecular flexibility index (Phi) is 4.34. The van der Waals surface area contributed by atoms with Crippen LogP contribution in [-0.4, -0.2) is 17.4 Å². The monoisotopic (exact) mass is 328 g/mol. The Morgan fingerprint density at radius 2 is 1.83 bits per heavy atom. The van der Waals surface area contributed by atoms with Crippen LogP contribution in [0, 0.1) is 25.5 Å². The number of hydrogen-bond donors (Lipinski definition) is 2. The van der Waals surface area contributed by atoms with E-state index in [1.54, 1.807) is 18.2 Å². The normalized spacial score (nSPS) is 11.0. The number of benzene rings is 2. The molecule has 1 amide bonds. The molecule has 3 aromatic rings. The predicted octanol–water partition coefficient (Wildman–Crippen LogP) is 4.04. The van der Waals surface area contributed by atoms with Crippen LogP contribution in [0.15, 0.2) is 36.4 Å². The molecule has 0 aliphatic carbocycles. The molecule has 0 spiro atoms. The van der Waals surface area contributed by atoms with E-state index in [1.165, 1.54) is 18.2 Å². The quantitative estimate of drug-likeness (QED) is 0.746. The van der Waals surface area contributed by atoms with Crippen LogP contribution < -0.4 is 5.32 Å². The molecule has 3 nitrogen and oxygen atoms in total. The second-order valence-electron chi connectivity index (χ2n) is 5.83. The summed E-state index contributed by atoms with van der Waals surface area (Å²) in [6, 6.07) is 9.04. The lowest BCUT2D eigenvalue weighted by atomic mass is 10.0. The number of carbonyl (C=O) groups is 1. The third kappa shape index (κ3) is 2.89. The average Bonchev–Trinajstić information content (AvgIpc) is 2.89. The second kappa shape index (κ2) is 6.43. The zero-order valence-electron chi connectivity index (χ0n) is 13.5. The number of aromatic amines is 1. The molecule has 1 heterocycles. The van der Waals surface area contributed by atoms with Crippen molar-refractivity contribution in [3.8, 4) is 0 Å². The summed E-state index contributed by atoms with van der Waals surface area (Å²) in [7, 11) is 0. The number of halogens is 2. The number of hydrogen-bond acceptors (Lipinski definition) is 1. The van der Waals surface area contributed by atoms with Gasteiger partial charge in [-0.25, -0.2) is 8.78 Å². The molecule has 0 aliphatic rings. The van der Waals surface area contributed by atoms with Gasteiger partial charge >= 0.3 is 0 Å². The van der Waals surface area contributed by atoms with Crippen molar-refractivity contribution < 1.29 is 13.6 Å². The lowest BCUT2D eigenvalue weighted by molar-refractivity contribution is 0.0950. The summed E-state index contributed by atoms with van der Waals surface area (Å²) in [5, 5.41) is 3.57. The highest BCUT2D eigenvalue weighted by Gasteiger charge is 2.15. The smallest absolute Gasteiger partial charge is 0.254 e. The van der Waals surface area contributed by atoms with Crippen LogP contribution in [0.25, 0.3) is 10.9 Å². The fraction of sp³-hybridized carbons (Fsp3) is 0.211. The van der Waals surface area contributed by atoms with Crippen LogP contribution in [0.2, 0.25) is 0 Å². The maximum atomic E-state index is 13.9. The van der Waals surface area contributed by atoms with Crippen LogP contribution >= 0.6 is 0 Å². The summed E-state index contributed by atoms with van der Waals surface area (Å²) in [5.74, 6) is -1.29. The SMILES string of the molecule is Cc1[nH]c2c(F)ccc(C)c2c1CCNC(=O)c1ccccc1F. The van der Waals surface area contributed by atoms with Gasteiger partial charge in [0.1, 0.15) is 11.6 Å². The zero-order valence-corrected chi connectivity index (χ0v) is 13.5. The number of H-pyrrole nitrogens is 1. The molecule has 0 atom stereocenters. The van der Waals surface area contributed by atoms with Gasteiger partial charge in [0.2, 0.25) is 0 Å². The first-order chi connectivity index (χ1) is 11.5. The van der Waals surface area contributed by atoms with E-state index < -0.39 is 11.7 Å². The van der Waals surface area contributed by atoms with E-state index in [2.05, 4.69) is 10.3 Å². The van der Waals surface area contributed by atoms with Crippen molar-refractivity contribution in [1.29, 1.82) is 0 Å². The van der Waals surface area contributed by atoms with Crippen molar-refractivity contribution in [2.75, 3.05) is 6.54 Å². The molecule has 24 heavy (non-hydrogen) atoms. The summed E-state index contributed by atoms with van der Waals surface area (Å²) < 4.78 is 27.5. The van der Waals surface area contributed by atoms with Gasteiger partial charge in [0.05, 0.1) is 11.1 Å². The van der Waals surface area contributed by atoms with Crippen molar-refractivity contribution in [2.24, 2.45) is 0 Å². The highest BCUT2D eigenvalue weighted by Crippen LogP contribution is 2.27. The fourth-order valence-corrected chi connectivity index (χ4v) is 3.00. The van der Waals surface area contributed by atoms with Gasteiger partial charge in [-0.05, 0) is 49.6 Å². The number of aryl methyl sites for hydroxylation is 2. The largest absolute Gasteiger partial charge is 0.356 e. The molecule has 0 unspecified atom stereocenters. The minimum absolute atomic E-state index is 0.0235. The standard InChI is InChI=1S/C19H18F2N2O/c1-11-7-8-16(21)18-17(11)13(12(2)23-18)9-10-22-19(24)14-5-3-4-6-15(14)20/h3-8,23H,9-10H2,1-2H3,(H,22,24). The van der Waals surface area contributed by atoms with Gasteiger partial charge in [-0.15, -0.1) is 0 Å². The molecule has 2 N–H and O–H groups in total. The topological polar surface area (TPSA) is 44.9 Å². The summed E-state index contributed by atoms with van der Waals surface area (Å²) in [6.45, 7) is 4.15. The van der Waals surface area contributed by atoms with E-state index >= 15 is 0 Å². The Labute approximate surface area is 138 Å². The zero-order chi connectivity index (χ0) is 17.3. The highest BCUT2D eigenvalue weighted by atomic mass is 19.1. The Balaban J connectivity index is 1.77. The fourth-order valence-electron chi connectivity index (χ4n) is 3.00. The molecule has 0 radical (unpaired) electrons. The molecule has 1 aromatic heterocycles. The van der Waals surface area contributed by atoms with Crippen LogP contribution in [0.4, 0.5) is 8.78 Å².